The fourth-order valence-electron chi connectivity index (χ4n) is 2.10. The second-order valence-electron chi connectivity index (χ2n) is 4.44. The van der Waals surface area contributed by atoms with Gasteiger partial charge in [0.25, 0.3) is 0 Å². The SMILES string of the molecule is CCN(CCC[O])CCc1nc2ccccc2[nH]1. The summed E-state index contributed by atoms with van der Waals surface area (Å²) in [6.07, 6.45) is 1.63. The highest BCUT2D eigenvalue weighted by Crippen LogP contribution is 2.10. The highest BCUT2D eigenvalue weighted by Gasteiger charge is 2.05. The summed E-state index contributed by atoms with van der Waals surface area (Å²) in [6, 6.07) is 8.07. The molecule has 0 bridgehead atoms. The quantitative estimate of drug-likeness (QED) is 0.814. The van der Waals surface area contributed by atoms with E-state index in [4.69, 9.17) is 0 Å². The van der Waals surface area contributed by atoms with Crippen molar-refractivity contribution < 1.29 is 5.11 Å². The molecule has 0 fully saturated rings. The van der Waals surface area contributed by atoms with Crippen LogP contribution < -0.4 is 0 Å². The molecule has 2 aromatic rings. The first-order valence-corrected chi connectivity index (χ1v) is 6.57. The number of imidazole rings is 1. The van der Waals surface area contributed by atoms with Gasteiger partial charge in [-0.25, -0.2) is 10.1 Å². The molecule has 1 heterocycles. The fraction of sp³-hybridized carbons (Fsp3) is 0.500. The standard InChI is InChI=1S/C14H20N3O/c1-2-17(9-5-11-18)10-8-14-15-12-6-3-4-7-13(12)16-14/h3-4,6-7H,2,5,8-11H2,1H3,(H,15,16). The molecule has 1 aromatic heterocycles. The molecule has 1 radical (unpaired) electrons. The summed E-state index contributed by atoms with van der Waals surface area (Å²) < 4.78 is 0. The minimum Gasteiger partial charge on any atom is -0.342 e. The Bertz CT molecular complexity index is 448. The number of hydrogen-bond donors (Lipinski definition) is 1. The predicted octanol–water partition coefficient (Wildman–Crippen LogP) is 2.25. The van der Waals surface area contributed by atoms with Gasteiger partial charge < -0.3 is 9.88 Å². The zero-order chi connectivity index (χ0) is 12.8. The molecule has 0 aliphatic carbocycles. The van der Waals surface area contributed by atoms with Crippen LogP contribution in [0.3, 0.4) is 0 Å². The molecule has 18 heavy (non-hydrogen) atoms. The van der Waals surface area contributed by atoms with Crippen molar-refractivity contribution in [3.63, 3.8) is 0 Å². The second-order valence-corrected chi connectivity index (χ2v) is 4.44. The maximum absolute atomic E-state index is 10.5. The normalized spacial score (nSPS) is 11.5. The molecule has 0 aliphatic rings. The smallest absolute Gasteiger partial charge is 0.108 e. The second kappa shape index (κ2) is 6.52. The van der Waals surface area contributed by atoms with Crippen molar-refractivity contribution in [3.8, 4) is 0 Å². The van der Waals surface area contributed by atoms with Gasteiger partial charge >= 0.3 is 0 Å². The van der Waals surface area contributed by atoms with Gasteiger partial charge in [0.2, 0.25) is 0 Å². The van der Waals surface area contributed by atoms with Gasteiger partial charge in [-0.3, -0.25) is 0 Å². The van der Waals surface area contributed by atoms with Crippen LogP contribution in [-0.2, 0) is 11.5 Å². The molecule has 0 saturated heterocycles. The van der Waals surface area contributed by atoms with E-state index in [1.165, 1.54) is 0 Å². The van der Waals surface area contributed by atoms with Crippen LogP contribution >= 0.6 is 0 Å². The number of fused-ring (bicyclic) bond motifs is 1. The Morgan fingerprint density at radius 1 is 1.28 bits per heavy atom. The van der Waals surface area contributed by atoms with E-state index in [-0.39, 0.29) is 6.61 Å². The summed E-state index contributed by atoms with van der Waals surface area (Å²) in [5.41, 5.74) is 2.12. The number of rotatable bonds is 7. The summed E-state index contributed by atoms with van der Waals surface area (Å²) in [5, 5.41) is 10.5. The Morgan fingerprint density at radius 2 is 2.11 bits per heavy atom. The molecule has 97 valence electrons. The maximum Gasteiger partial charge on any atom is 0.108 e. The highest BCUT2D eigenvalue weighted by atomic mass is 16.3. The Labute approximate surface area is 108 Å². The molecule has 0 spiro atoms. The van der Waals surface area contributed by atoms with Crippen molar-refractivity contribution in [1.29, 1.82) is 0 Å². The lowest BCUT2D eigenvalue weighted by Crippen LogP contribution is -2.27. The first-order chi connectivity index (χ1) is 8.83. The predicted molar refractivity (Wildman–Crippen MR) is 72.1 cm³/mol. The van der Waals surface area contributed by atoms with Gasteiger partial charge in [0.1, 0.15) is 5.82 Å². The van der Waals surface area contributed by atoms with E-state index in [9.17, 15) is 5.11 Å². The number of likely N-dealkylation sites (N-methyl/N-ethyl adjacent to an activating group) is 1. The summed E-state index contributed by atoms with van der Waals surface area (Å²) in [5.74, 6) is 1.02. The van der Waals surface area contributed by atoms with Crippen molar-refractivity contribution in [2.45, 2.75) is 19.8 Å². The van der Waals surface area contributed by atoms with Gasteiger partial charge in [-0.2, -0.15) is 0 Å². The highest BCUT2D eigenvalue weighted by molar-refractivity contribution is 5.74. The molecule has 0 saturated carbocycles. The number of nitrogens with zero attached hydrogens (tertiary/aromatic N) is 2. The number of H-pyrrole nitrogens is 1. The molecular formula is C14H20N3O. The Balaban J connectivity index is 1.92. The van der Waals surface area contributed by atoms with Gasteiger partial charge in [0.15, 0.2) is 0 Å². The lowest BCUT2D eigenvalue weighted by atomic mass is 10.3. The van der Waals surface area contributed by atoms with E-state index in [1.54, 1.807) is 0 Å². The molecule has 4 nitrogen and oxygen atoms in total. The van der Waals surface area contributed by atoms with E-state index < -0.39 is 0 Å². The first-order valence-electron chi connectivity index (χ1n) is 6.57. The number of aromatic amines is 1. The largest absolute Gasteiger partial charge is 0.342 e. The third-order valence-electron chi connectivity index (χ3n) is 3.17. The van der Waals surface area contributed by atoms with E-state index in [0.717, 1.165) is 49.3 Å². The zero-order valence-electron chi connectivity index (χ0n) is 10.9. The fourth-order valence-corrected chi connectivity index (χ4v) is 2.10. The first kappa shape index (κ1) is 13.1. The van der Waals surface area contributed by atoms with E-state index in [0.29, 0.717) is 0 Å². The van der Waals surface area contributed by atoms with E-state index in [2.05, 4.69) is 21.8 Å². The summed E-state index contributed by atoms with van der Waals surface area (Å²) >= 11 is 0. The topological polar surface area (TPSA) is 51.8 Å². The molecule has 4 heteroatoms. The van der Waals surface area contributed by atoms with Crippen LogP contribution in [0.25, 0.3) is 11.0 Å². The Morgan fingerprint density at radius 3 is 2.83 bits per heavy atom. The van der Waals surface area contributed by atoms with Gasteiger partial charge in [-0.1, -0.05) is 19.1 Å². The monoisotopic (exact) mass is 246 g/mol. The zero-order valence-corrected chi connectivity index (χ0v) is 10.9. The van der Waals surface area contributed by atoms with Gasteiger partial charge in [0, 0.05) is 19.5 Å². The molecule has 0 atom stereocenters. The van der Waals surface area contributed by atoms with E-state index in [1.807, 2.05) is 24.3 Å². The minimum atomic E-state index is 0.0150. The number of nitrogens with one attached hydrogen (secondary N) is 1. The number of aromatic nitrogens is 2. The lowest BCUT2D eigenvalue weighted by Gasteiger charge is -2.18. The van der Waals surface area contributed by atoms with Gasteiger partial charge in [-0.15, -0.1) is 0 Å². The average molecular weight is 246 g/mol. The third kappa shape index (κ3) is 3.31. The van der Waals surface area contributed by atoms with Crippen LogP contribution in [0.4, 0.5) is 0 Å². The van der Waals surface area contributed by atoms with Crippen LogP contribution in [0.5, 0.6) is 0 Å². The van der Waals surface area contributed by atoms with Crippen molar-refractivity contribution >= 4 is 11.0 Å². The van der Waals surface area contributed by atoms with Crippen LogP contribution in [0, 0.1) is 0 Å². The van der Waals surface area contributed by atoms with Gasteiger partial charge in [0.05, 0.1) is 17.6 Å². The Hall–Kier alpha value is -1.39. The molecular weight excluding hydrogens is 226 g/mol. The summed E-state index contributed by atoms with van der Waals surface area (Å²) in [7, 11) is 0. The third-order valence-corrected chi connectivity index (χ3v) is 3.17. The molecule has 0 amide bonds. The molecule has 1 aromatic carbocycles. The van der Waals surface area contributed by atoms with Crippen molar-refractivity contribution in [2.75, 3.05) is 26.2 Å². The number of benzene rings is 1. The summed E-state index contributed by atoms with van der Waals surface area (Å²) in [6.45, 7) is 4.97. The molecule has 2 rings (SSSR count). The van der Waals surface area contributed by atoms with Crippen molar-refractivity contribution in [3.05, 3.63) is 30.1 Å². The molecule has 1 N–H and O–H groups in total. The van der Waals surface area contributed by atoms with E-state index >= 15 is 0 Å². The number of hydrogen-bond acceptors (Lipinski definition) is 2. The molecule has 0 aliphatic heterocycles. The minimum absolute atomic E-state index is 0.0150. The van der Waals surface area contributed by atoms with Crippen LogP contribution in [-0.4, -0.2) is 41.1 Å². The van der Waals surface area contributed by atoms with Crippen molar-refractivity contribution in [2.24, 2.45) is 0 Å². The number of para-hydroxylation sites is 2. The van der Waals surface area contributed by atoms with Crippen LogP contribution in [0.2, 0.25) is 0 Å². The maximum atomic E-state index is 10.5. The lowest BCUT2D eigenvalue weighted by molar-refractivity contribution is 0.167. The van der Waals surface area contributed by atoms with Gasteiger partial charge in [-0.05, 0) is 25.1 Å². The van der Waals surface area contributed by atoms with Crippen LogP contribution in [0.15, 0.2) is 24.3 Å². The Kier molecular flexibility index (Phi) is 4.73. The van der Waals surface area contributed by atoms with Crippen LogP contribution in [0.1, 0.15) is 19.2 Å². The average Bonchev–Trinajstić information content (AvgIpc) is 2.81. The summed E-state index contributed by atoms with van der Waals surface area (Å²) in [4.78, 5) is 10.2. The van der Waals surface area contributed by atoms with Crippen molar-refractivity contribution in [1.82, 2.24) is 14.9 Å². The molecule has 0 unspecified atom stereocenters.